The lowest BCUT2D eigenvalue weighted by Gasteiger charge is -2.44. The zero-order valence-corrected chi connectivity index (χ0v) is 26.1. The van der Waals surface area contributed by atoms with E-state index in [1.807, 2.05) is 12.1 Å². The van der Waals surface area contributed by atoms with Crippen molar-refractivity contribution < 1.29 is 23.8 Å². The fourth-order valence-electron chi connectivity index (χ4n) is 4.98. The molecule has 15 heteroatoms. The molecule has 3 aromatic rings. The van der Waals surface area contributed by atoms with Crippen LogP contribution in [0.15, 0.2) is 43.2 Å². The average Bonchev–Trinajstić information content (AvgIpc) is 3.02. The van der Waals surface area contributed by atoms with Crippen LogP contribution in [0.4, 0.5) is 39.2 Å². The number of benzene rings is 2. The summed E-state index contributed by atoms with van der Waals surface area (Å²) >= 11 is 12.8. The van der Waals surface area contributed by atoms with Crippen molar-refractivity contribution in [2.24, 2.45) is 0 Å². The number of carbonyl (C=O) groups is 2. The topological polar surface area (TPSA) is 133 Å². The Morgan fingerprint density at radius 1 is 1.07 bits per heavy atom. The molecular weight excluding hydrogens is 611 g/mol. The zero-order chi connectivity index (χ0) is 31.5. The van der Waals surface area contributed by atoms with Gasteiger partial charge in [0.25, 0.3) is 0 Å². The Bertz CT molecular complexity index is 1580. The molecule has 0 saturated carbocycles. The average molecular weight is 644 g/mol. The van der Waals surface area contributed by atoms with Crippen LogP contribution < -0.4 is 40.0 Å². The molecule has 0 bridgehead atoms. The van der Waals surface area contributed by atoms with Gasteiger partial charge in [0, 0.05) is 44.9 Å². The van der Waals surface area contributed by atoms with E-state index >= 15 is 0 Å². The molecule has 0 spiro atoms. The number of methoxy groups -OCH3 is 2. The van der Waals surface area contributed by atoms with Gasteiger partial charge < -0.3 is 40.0 Å². The lowest BCUT2D eigenvalue weighted by molar-refractivity contribution is -0.111. The maximum absolute atomic E-state index is 13.2. The van der Waals surface area contributed by atoms with E-state index in [4.69, 9.17) is 37.4 Å². The highest BCUT2D eigenvalue weighted by Gasteiger charge is 2.33. The van der Waals surface area contributed by atoms with Crippen LogP contribution >= 0.6 is 23.2 Å². The number of aromatic nitrogens is 2. The number of anilines is 6. The standard InChI is InChI=1S/C29H32Cl2N8O5/c1-6-25(40)35-17-9-19-20(44-14-16-13-37(2)7-8-39(16)19)10-18(17)34-23-12-24(33-15-32-23)38(3)29(41)36-28-26(30)21(42-4)11-22(43-5)27(28)31/h6,9-12,15-16H,1,7-8,13-14H2,2-5H3,(H,35,40)(H,36,41)(H,32,33,34)/t16-/m1/s1. The summed E-state index contributed by atoms with van der Waals surface area (Å²) in [6.45, 7) is 6.74. The third-order valence-electron chi connectivity index (χ3n) is 7.34. The molecule has 1 saturated heterocycles. The third kappa shape index (κ3) is 6.25. The smallest absolute Gasteiger partial charge is 0.327 e. The van der Waals surface area contributed by atoms with Crippen LogP contribution in [0.5, 0.6) is 17.2 Å². The van der Waals surface area contributed by atoms with Gasteiger partial charge >= 0.3 is 6.03 Å². The van der Waals surface area contributed by atoms with Gasteiger partial charge in [-0.1, -0.05) is 29.8 Å². The van der Waals surface area contributed by atoms with Crippen molar-refractivity contribution in [2.75, 3.05) is 80.3 Å². The first kappa shape index (κ1) is 31.0. The maximum Gasteiger partial charge on any atom is 0.327 e. The molecule has 0 radical (unpaired) electrons. The molecule has 2 aromatic carbocycles. The van der Waals surface area contributed by atoms with Gasteiger partial charge in [0.1, 0.15) is 51.9 Å². The van der Waals surface area contributed by atoms with Crippen molar-refractivity contribution in [3.05, 3.63) is 53.3 Å². The first-order chi connectivity index (χ1) is 21.1. The summed E-state index contributed by atoms with van der Waals surface area (Å²) < 4.78 is 16.7. The van der Waals surface area contributed by atoms with Crippen molar-refractivity contribution in [3.8, 4) is 17.2 Å². The molecule has 44 heavy (non-hydrogen) atoms. The van der Waals surface area contributed by atoms with Crippen LogP contribution in [0, 0.1) is 0 Å². The number of nitrogens with zero attached hydrogens (tertiary/aromatic N) is 5. The number of likely N-dealkylation sites (N-methyl/N-ethyl adjacent to an activating group) is 1. The van der Waals surface area contributed by atoms with Gasteiger partial charge in [-0.05, 0) is 19.2 Å². The molecule has 3 heterocycles. The largest absolute Gasteiger partial charge is 0.495 e. The number of fused-ring (bicyclic) bond motifs is 3. The SMILES string of the molecule is C=CC(=O)Nc1cc2c(cc1Nc1cc(N(C)C(=O)Nc3c(Cl)c(OC)cc(OC)c3Cl)ncn1)OC[C@H]1CN(C)CCN21. The van der Waals surface area contributed by atoms with Gasteiger partial charge in [-0.3, -0.25) is 9.69 Å². The number of nitrogens with one attached hydrogen (secondary N) is 3. The first-order valence-corrected chi connectivity index (χ1v) is 14.3. The second kappa shape index (κ2) is 13.0. The summed E-state index contributed by atoms with van der Waals surface area (Å²) in [4.78, 5) is 40.0. The van der Waals surface area contributed by atoms with E-state index in [9.17, 15) is 9.59 Å². The number of rotatable bonds is 8. The summed E-state index contributed by atoms with van der Waals surface area (Å²) in [5, 5.41) is 9.00. The highest BCUT2D eigenvalue weighted by molar-refractivity contribution is 6.41. The van der Waals surface area contributed by atoms with Crippen LogP contribution in [0.2, 0.25) is 10.0 Å². The molecule has 1 atom stereocenters. The Hall–Kier alpha value is -4.46. The molecule has 3 amide bonds. The minimum atomic E-state index is -0.586. The van der Waals surface area contributed by atoms with Gasteiger partial charge in [-0.15, -0.1) is 0 Å². The van der Waals surface area contributed by atoms with E-state index in [0.29, 0.717) is 29.5 Å². The van der Waals surface area contributed by atoms with Crippen molar-refractivity contribution in [3.63, 3.8) is 0 Å². The minimum Gasteiger partial charge on any atom is -0.495 e. The predicted octanol–water partition coefficient (Wildman–Crippen LogP) is 4.85. The molecule has 2 aliphatic rings. The van der Waals surface area contributed by atoms with Gasteiger partial charge in [-0.25, -0.2) is 14.8 Å². The molecule has 3 N–H and O–H groups in total. The molecule has 0 unspecified atom stereocenters. The Morgan fingerprint density at radius 2 is 1.80 bits per heavy atom. The molecule has 5 rings (SSSR count). The van der Waals surface area contributed by atoms with Crippen LogP contribution in [-0.4, -0.2) is 87.4 Å². The van der Waals surface area contributed by atoms with Gasteiger partial charge in [0.15, 0.2) is 0 Å². The lowest BCUT2D eigenvalue weighted by Crippen LogP contribution is -2.56. The van der Waals surface area contributed by atoms with Crippen molar-refractivity contribution in [2.45, 2.75) is 6.04 Å². The Kier molecular flexibility index (Phi) is 9.18. The summed E-state index contributed by atoms with van der Waals surface area (Å²) in [5.41, 5.74) is 2.06. The number of urea groups is 1. The maximum atomic E-state index is 13.2. The molecule has 232 valence electrons. The fraction of sp³-hybridized carbons (Fsp3) is 0.310. The van der Waals surface area contributed by atoms with Crippen molar-refractivity contribution >= 4 is 69.5 Å². The molecule has 1 fully saturated rings. The van der Waals surface area contributed by atoms with Crippen molar-refractivity contribution in [1.82, 2.24) is 14.9 Å². The van der Waals surface area contributed by atoms with Crippen LogP contribution in [-0.2, 0) is 4.79 Å². The molecule has 1 aromatic heterocycles. The van der Waals surface area contributed by atoms with Crippen LogP contribution in [0.3, 0.4) is 0 Å². The Morgan fingerprint density at radius 3 is 2.48 bits per heavy atom. The number of ether oxygens (including phenoxy) is 3. The Labute approximate surface area is 264 Å². The number of amides is 3. The first-order valence-electron chi connectivity index (χ1n) is 13.6. The van der Waals surface area contributed by atoms with Crippen LogP contribution in [0.25, 0.3) is 0 Å². The minimum absolute atomic E-state index is 0.108. The second-order valence-electron chi connectivity index (χ2n) is 10.1. The third-order valence-corrected chi connectivity index (χ3v) is 8.09. The zero-order valence-electron chi connectivity index (χ0n) is 24.6. The molecule has 13 nitrogen and oxygen atoms in total. The Balaban J connectivity index is 1.41. The van der Waals surface area contributed by atoms with E-state index in [1.165, 1.54) is 44.6 Å². The number of hydrogen-bond donors (Lipinski definition) is 3. The van der Waals surface area contributed by atoms with Gasteiger partial charge in [0.2, 0.25) is 5.91 Å². The molecule has 0 aliphatic carbocycles. The van der Waals surface area contributed by atoms with Crippen molar-refractivity contribution in [1.29, 1.82) is 0 Å². The summed E-state index contributed by atoms with van der Waals surface area (Å²) in [5.74, 6) is 1.47. The van der Waals surface area contributed by atoms with E-state index in [0.717, 1.165) is 25.3 Å². The second-order valence-corrected chi connectivity index (χ2v) is 10.9. The van der Waals surface area contributed by atoms with E-state index < -0.39 is 6.03 Å². The monoisotopic (exact) mass is 642 g/mol. The molecular formula is C29H32Cl2N8O5. The predicted molar refractivity (Wildman–Crippen MR) is 172 cm³/mol. The summed E-state index contributed by atoms with van der Waals surface area (Å²) in [7, 11) is 6.49. The quantitative estimate of drug-likeness (QED) is 0.293. The highest BCUT2D eigenvalue weighted by atomic mass is 35.5. The van der Waals surface area contributed by atoms with Gasteiger partial charge in [0.05, 0.1) is 43.0 Å². The number of piperazine rings is 1. The van der Waals surface area contributed by atoms with Crippen LogP contribution in [0.1, 0.15) is 0 Å². The lowest BCUT2D eigenvalue weighted by atomic mass is 10.1. The van der Waals surface area contributed by atoms with Gasteiger partial charge in [-0.2, -0.15) is 0 Å². The number of carbonyl (C=O) groups excluding carboxylic acids is 2. The van der Waals surface area contributed by atoms with E-state index in [2.05, 4.69) is 49.3 Å². The molecule has 2 aliphatic heterocycles. The summed E-state index contributed by atoms with van der Waals surface area (Å²) in [6, 6.07) is 6.42. The van der Waals surface area contributed by atoms with E-state index in [-0.39, 0.29) is 45.0 Å². The number of hydrogen-bond acceptors (Lipinski definition) is 10. The number of halogens is 2. The highest BCUT2D eigenvalue weighted by Crippen LogP contribution is 2.45. The van der Waals surface area contributed by atoms with E-state index in [1.54, 1.807) is 6.07 Å². The normalized spacial score (nSPS) is 15.7. The summed E-state index contributed by atoms with van der Waals surface area (Å²) in [6.07, 6.45) is 2.51. The fourth-order valence-corrected chi connectivity index (χ4v) is 5.58.